The molecule has 0 bridgehead atoms. The van der Waals surface area contributed by atoms with Crippen LogP contribution in [0.25, 0.3) is 0 Å². The highest BCUT2D eigenvalue weighted by atomic mass is 127. The maximum atomic E-state index is 13.5. The Morgan fingerprint density at radius 3 is 2.11 bits per heavy atom. The van der Waals surface area contributed by atoms with Gasteiger partial charge in [-0.05, 0) is 24.3 Å². The molecule has 0 radical (unpaired) electrons. The maximum Gasteiger partial charge on any atom is 0.482 e. The number of halogens is 1. The number of nitrogens with one attached hydrogen (secondary N) is 2. The number of carbonyl (C=O) groups excluding carboxylic acids is 2. The van der Waals surface area contributed by atoms with E-state index in [4.69, 9.17) is 9.26 Å². The van der Waals surface area contributed by atoms with Gasteiger partial charge in [-0.15, -0.1) is 0 Å². The van der Waals surface area contributed by atoms with E-state index in [1.54, 1.807) is 36.4 Å². The van der Waals surface area contributed by atoms with Gasteiger partial charge in [0.2, 0.25) is 0 Å². The van der Waals surface area contributed by atoms with Crippen molar-refractivity contribution in [1.29, 1.82) is 0 Å². The highest BCUT2D eigenvalue weighted by molar-refractivity contribution is 14.1. The molecule has 0 saturated heterocycles. The summed E-state index contributed by atoms with van der Waals surface area (Å²) < 4.78 is 26.1. The molecule has 0 saturated carbocycles. The summed E-state index contributed by atoms with van der Waals surface area (Å²) in [5.74, 6) is -0.519. The van der Waals surface area contributed by atoms with E-state index in [1.807, 2.05) is 30.3 Å². The monoisotopic (exact) mass is 638 g/mol. The van der Waals surface area contributed by atoms with Gasteiger partial charge in [0.1, 0.15) is 29.1 Å². The van der Waals surface area contributed by atoms with Gasteiger partial charge in [0.05, 0.1) is 36.6 Å². The third kappa shape index (κ3) is 6.44. The SMILES string of the molecule is O=C1c2ccccc2C(=O)c2c(Nc3ccccc3)ccc(NCCOCC(CO)OP(=O)(O)OI)c21. The minimum Gasteiger partial charge on any atom is -0.394 e. The topological polar surface area (TPSA) is 143 Å². The van der Waals surface area contributed by atoms with Crippen LogP contribution < -0.4 is 10.6 Å². The third-order valence-corrected chi connectivity index (χ3v) is 7.80. The van der Waals surface area contributed by atoms with E-state index in [2.05, 4.69) is 13.5 Å². The zero-order valence-electron chi connectivity index (χ0n) is 19.4. The second kappa shape index (κ2) is 12.3. The van der Waals surface area contributed by atoms with E-state index in [0.717, 1.165) is 5.69 Å². The van der Waals surface area contributed by atoms with Crippen LogP contribution in [-0.2, 0) is 16.7 Å². The van der Waals surface area contributed by atoms with Crippen molar-refractivity contribution in [2.75, 3.05) is 37.0 Å². The number of anilines is 3. The zero-order chi connectivity index (χ0) is 26.4. The average molecular weight is 638 g/mol. The van der Waals surface area contributed by atoms with Gasteiger partial charge in [-0.1, -0.05) is 42.5 Å². The molecule has 1 aliphatic carbocycles. The number of hydrogen-bond donors (Lipinski definition) is 4. The van der Waals surface area contributed by atoms with Crippen LogP contribution in [0.4, 0.5) is 17.1 Å². The molecule has 0 aliphatic heterocycles. The number of aliphatic hydroxyl groups excluding tert-OH is 1. The standard InChI is InChI=1S/C25H24IN2O8P/c26-36-37(32,33)35-17(14-29)15-34-13-12-27-20-10-11-21(28-16-6-2-1-3-7-16)23-22(20)24(30)18-8-4-5-9-19(18)25(23)31/h1-11,17,27-29H,12-15H2,(H,32,33). The predicted octanol–water partition coefficient (Wildman–Crippen LogP) is 4.48. The van der Waals surface area contributed by atoms with E-state index in [0.29, 0.717) is 22.5 Å². The normalized spacial score (nSPS) is 14.9. The molecule has 12 heteroatoms. The smallest absolute Gasteiger partial charge is 0.394 e. The Bertz CT molecular complexity index is 1340. The van der Waals surface area contributed by atoms with Crippen molar-refractivity contribution in [3.8, 4) is 0 Å². The number of aliphatic hydroxyl groups is 1. The summed E-state index contributed by atoms with van der Waals surface area (Å²) in [4.78, 5) is 36.4. The molecule has 10 nitrogen and oxygen atoms in total. The first-order valence-electron chi connectivity index (χ1n) is 11.3. The summed E-state index contributed by atoms with van der Waals surface area (Å²) >= 11 is 1.24. The van der Waals surface area contributed by atoms with Gasteiger partial charge in [-0.25, -0.2) is 7.42 Å². The maximum absolute atomic E-state index is 13.5. The molecule has 2 unspecified atom stereocenters. The van der Waals surface area contributed by atoms with Gasteiger partial charge in [0.15, 0.2) is 11.6 Å². The van der Waals surface area contributed by atoms with Crippen molar-refractivity contribution in [3.63, 3.8) is 0 Å². The molecule has 194 valence electrons. The van der Waals surface area contributed by atoms with E-state index in [-0.39, 0.29) is 42.5 Å². The van der Waals surface area contributed by atoms with Gasteiger partial charge in [0, 0.05) is 29.0 Å². The molecular formula is C25H24IN2O8P. The highest BCUT2D eigenvalue weighted by Gasteiger charge is 2.34. The summed E-state index contributed by atoms with van der Waals surface area (Å²) in [6, 6.07) is 19.5. The largest absolute Gasteiger partial charge is 0.482 e. The highest BCUT2D eigenvalue weighted by Crippen LogP contribution is 2.46. The Kier molecular flexibility index (Phi) is 9.08. The number of phosphoric ester groups is 1. The van der Waals surface area contributed by atoms with Crippen molar-refractivity contribution in [2.24, 2.45) is 0 Å². The summed E-state index contributed by atoms with van der Waals surface area (Å²) in [7, 11) is -4.28. The molecule has 0 heterocycles. The number of para-hydroxylation sites is 1. The fourth-order valence-electron chi connectivity index (χ4n) is 3.95. The lowest BCUT2D eigenvalue weighted by atomic mass is 9.82. The van der Waals surface area contributed by atoms with Gasteiger partial charge in [-0.2, -0.15) is 0 Å². The molecule has 1 aliphatic rings. The minimum absolute atomic E-state index is 0.123. The molecule has 0 amide bonds. The Morgan fingerprint density at radius 2 is 1.49 bits per heavy atom. The van der Waals surface area contributed by atoms with Crippen LogP contribution in [0, 0.1) is 0 Å². The molecule has 37 heavy (non-hydrogen) atoms. The molecule has 0 aromatic heterocycles. The van der Waals surface area contributed by atoms with Crippen molar-refractivity contribution in [1.82, 2.24) is 0 Å². The number of ether oxygens (including phenoxy) is 1. The first kappa shape index (κ1) is 27.4. The fraction of sp³-hybridized carbons (Fsp3) is 0.200. The van der Waals surface area contributed by atoms with E-state index < -0.39 is 20.5 Å². The lowest BCUT2D eigenvalue weighted by Gasteiger charge is -2.24. The quantitative estimate of drug-likeness (QED) is 0.0997. The molecular weight excluding hydrogens is 614 g/mol. The summed E-state index contributed by atoms with van der Waals surface area (Å²) in [5, 5.41) is 15.7. The number of fused-ring (bicyclic) bond motifs is 2. The lowest BCUT2D eigenvalue weighted by Crippen LogP contribution is -2.26. The summed E-state index contributed by atoms with van der Waals surface area (Å²) in [6.07, 6.45) is -1.06. The number of ketones is 2. The van der Waals surface area contributed by atoms with Crippen LogP contribution in [-0.4, -0.2) is 54.0 Å². The zero-order valence-corrected chi connectivity index (χ0v) is 22.5. The summed E-state index contributed by atoms with van der Waals surface area (Å²) in [6.45, 7) is -0.333. The molecule has 2 atom stereocenters. The van der Waals surface area contributed by atoms with Gasteiger partial charge in [-0.3, -0.25) is 14.1 Å². The summed E-state index contributed by atoms with van der Waals surface area (Å²) in [5.41, 5.74) is 3.00. The van der Waals surface area contributed by atoms with Gasteiger partial charge < -0.3 is 25.4 Å². The van der Waals surface area contributed by atoms with Crippen molar-refractivity contribution < 1.29 is 36.3 Å². The predicted molar refractivity (Wildman–Crippen MR) is 146 cm³/mol. The molecule has 4 N–H and O–H groups in total. The van der Waals surface area contributed by atoms with Crippen LogP contribution >= 0.6 is 30.8 Å². The number of rotatable bonds is 12. The Labute approximate surface area is 227 Å². The molecule has 0 fully saturated rings. The molecule has 4 rings (SSSR count). The molecule has 3 aromatic carbocycles. The second-order valence-corrected chi connectivity index (χ2v) is 10.5. The number of phosphoric acid groups is 1. The molecule has 3 aromatic rings. The van der Waals surface area contributed by atoms with Crippen LogP contribution in [0.1, 0.15) is 31.8 Å². The first-order chi connectivity index (χ1) is 17.8. The minimum atomic E-state index is -4.28. The van der Waals surface area contributed by atoms with Gasteiger partial charge >= 0.3 is 7.82 Å². The Balaban J connectivity index is 1.52. The first-order valence-corrected chi connectivity index (χ1v) is 13.6. The number of carbonyl (C=O) groups is 2. The van der Waals surface area contributed by atoms with Crippen molar-refractivity contribution >= 4 is 59.5 Å². The van der Waals surface area contributed by atoms with Crippen LogP contribution in [0.2, 0.25) is 0 Å². The van der Waals surface area contributed by atoms with E-state index in [9.17, 15) is 24.2 Å². The number of hydrogen-bond acceptors (Lipinski definition) is 9. The Hall–Kier alpha value is -2.64. The second-order valence-electron chi connectivity index (χ2n) is 8.05. The van der Waals surface area contributed by atoms with E-state index in [1.165, 1.54) is 23.0 Å². The fourth-order valence-corrected chi connectivity index (χ4v) is 4.76. The van der Waals surface area contributed by atoms with Crippen LogP contribution in [0.15, 0.2) is 66.7 Å². The molecule has 0 spiro atoms. The van der Waals surface area contributed by atoms with Crippen molar-refractivity contribution in [3.05, 3.63) is 89.0 Å². The van der Waals surface area contributed by atoms with E-state index >= 15 is 0 Å². The average Bonchev–Trinajstić information content (AvgIpc) is 2.91. The van der Waals surface area contributed by atoms with Crippen LogP contribution in [0.5, 0.6) is 0 Å². The lowest BCUT2D eigenvalue weighted by molar-refractivity contribution is 0.0114. The van der Waals surface area contributed by atoms with Crippen molar-refractivity contribution in [2.45, 2.75) is 6.10 Å². The van der Waals surface area contributed by atoms with Crippen LogP contribution in [0.3, 0.4) is 0 Å². The Morgan fingerprint density at radius 1 is 0.892 bits per heavy atom. The third-order valence-electron chi connectivity index (χ3n) is 5.57. The van der Waals surface area contributed by atoms with Gasteiger partial charge in [0.25, 0.3) is 0 Å². The number of benzene rings is 3.